The van der Waals surface area contributed by atoms with Crippen molar-refractivity contribution in [2.24, 2.45) is 5.73 Å². The van der Waals surface area contributed by atoms with Gasteiger partial charge in [0, 0.05) is 38.3 Å². The third-order valence-electron chi connectivity index (χ3n) is 4.31. The lowest BCUT2D eigenvalue weighted by Gasteiger charge is -2.37. The number of anilines is 1. The van der Waals surface area contributed by atoms with Crippen molar-refractivity contribution in [2.45, 2.75) is 38.3 Å². The summed E-state index contributed by atoms with van der Waals surface area (Å²) >= 11 is 6.46. The van der Waals surface area contributed by atoms with E-state index in [1.807, 2.05) is 12.1 Å². The number of halogens is 1. The summed E-state index contributed by atoms with van der Waals surface area (Å²) in [6.07, 6.45) is 3.67. The minimum atomic E-state index is 0.167. The quantitative estimate of drug-likeness (QED) is 0.926. The van der Waals surface area contributed by atoms with Gasteiger partial charge in [-0.3, -0.25) is 4.90 Å². The molecule has 4 heteroatoms. The fourth-order valence-electron chi connectivity index (χ4n) is 3.18. The van der Waals surface area contributed by atoms with Gasteiger partial charge in [0.1, 0.15) is 0 Å². The van der Waals surface area contributed by atoms with E-state index in [9.17, 15) is 0 Å². The highest BCUT2D eigenvalue weighted by atomic mass is 35.5. The van der Waals surface area contributed by atoms with Gasteiger partial charge in [0.2, 0.25) is 0 Å². The third kappa shape index (κ3) is 3.11. The summed E-state index contributed by atoms with van der Waals surface area (Å²) in [5, 5.41) is 0.864. The molecule has 1 saturated carbocycles. The predicted molar refractivity (Wildman–Crippen MR) is 85.6 cm³/mol. The first kappa shape index (κ1) is 14.2. The second-order valence-corrected chi connectivity index (χ2v) is 6.59. The minimum absolute atomic E-state index is 0.167. The summed E-state index contributed by atoms with van der Waals surface area (Å²) in [4.78, 5) is 5.07. The lowest BCUT2D eigenvalue weighted by molar-refractivity contribution is 0.248. The first-order chi connectivity index (χ1) is 9.65. The molecule has 2 N–H and O–H groups in total. The Labute approximate surface area is 126 Å². The van der Waals surface area contributed by atoms with Crippen LogP contribution in [0.4, 0.5) is 5.69 Å². The Kier molecular flexibility index (Phi) is 4.20. The van der Waals surface area contributed by atoms with Crippen LogP contribution in [0.5, 0.6) is 0 Å². The topological polar surface area (TPSA) is 32.5 Å². The fourth-order valence-corrected chi connectivity index (χ4v) is 3.49. The average molecular weight is 294 g/mol. The number of hydrogen-bond acceptors (Lipinski definition) is 3. The van der Waals surface area contributed by atoms with Gasteiger partial charge >= 0.3 is 0 Å². The zero-order valence-electron chi connectivity index (χ0n) is 12.2. The first-order valence-electron chi connectivity index (χ1n) is 7.67. The largest absolute Gasteiger partial charge is 0.368 e. The molecule has 1 aliphatic heterocycles. The molecular formula is C16H24ClN3. The normalized spacial score (nSPS) is 22.1. The van der Waals surface area contributed by atoms with E-state index in [0.29, 0.717) is 0 Å². The molecule has 2 fully saturated rings. The van der Waals surface area contributed by atoms with E-state index in [1.165, 1.54) is 24.1 Å². The zero-order chi connectivity index (χ0) is 14.1. The molecule has 1 saturated heterocycles. The molecule has 3 rings (SSSR count). The molecule has 1 aromatic rings. The van der Waals surface area contributed by atoms with Crippen LogP contribution in [-0.2, 0) is 6.42 Å². The van der Waals surface area contributed by atoms with Crippen LogP contribution in [0.1, 0.15) is 25.3 Å². The molecule has 1 atom stereocenters. The van der Waals surface area contributed by atoms with E-state index in [4.69, 9.17) is 17.3 Å². The average Bonchev–Trinajstić information content (AvgIpc) is 3.23. The highest BCUT2D eigenvalue weighted by Gasteiger charge is 2.31. The number of piperazine rings is 1. The Hall–Kier alpha value is -0.770. The standard InChI is InChI=1S/C16H24ClN3/c1-12(18)11-13-3-2-4-15(17)16(13)20-9-7-19(8-10-20)14-5-6-14/h2-4,12,14H,5-11,18H2,1H3. The Morgan fingerprint density at radius 3 is 2.55 bits per heavy atom. The molecule has 1 aromatic carbocycles. The molecular weight excluding hydrogens is 270 g/mol. The van der Waals surface area contributed by atoms with Gasteiger partial charge in [-0.25, -0.2) is 0 Å². The number of para-hydroxylation sites is 1. The maximum absolute atomic E-state index is 6.46. The lowest BCUT2D eigenvalue weighted by Crippen LogP contribution is -2.47. The molecule has 0 radical (unpaired) electrons. The van der Waals surface area contributed by atoms with E-state index < -0.39 is 0 Å². The van der Waals surface area contributed by atoms with Crippen LogP contribution in [0.25, 0.3) is 0 Å². The third-order valence-corrected chi connectivity index (χ3v) is 4.61. The van der Waals surface area contributed by atoms with Gasteiger partial charge in [0.15, 0.2) is 0 Å². The monoisotopic (exact) mass is 293 g/mol. The van der Waals surface area contributed by atoms with Gasteiger partial charge in [0.25, 0.3) is 0 Å². The van der Waals surface area contributed by atoms with Crippen LogP contribution in [0.2, 0.25) is 5.02 Å². The molecule has 0 spiro atoms. The second-order valence-electron chi connectivity index (χ2n) is 6.18. The Morgan fingerprint density at radius 1 is 1.25 bits per heavy atom. The molecule has 1 aliphatic carbocycles. The van der Waals surface area contributed by atoms with Gasteiger partial charge in [0.05, 0.1) is 10.7 Å². The fraction of sp³-hybridized carbons (Fsp3) is 0.625. The van der Waals surface area contributed by atoms with Crippen molar-refractivity contribution < 1.29 is 0 Å². The Bertz CT molecular complexity index is 463. The van der Waals surface area contributed by atoms with Crippen molar-refractivity contribution in [2.75, 3.05) is 31.1 Å². The molecule has 1 heterocycles. The maximum atomic E-state index is 6.46. The van der Waals surface area contributed by atoms with E-state index in [0.717, 1.165) is 43.7 Å². The maximum Gasteiger partial charge on any atom is 0.0642 e. The molecule has 0 bridgehead atoms. The lowest BCUT2D eigenvalue weighted by atomic mass is 10.0. The van der Waals surface area contributed by atoms with Crippen LogP contribution < -0.4 is 10.6 Å². The highest BCUT2D eigenvalue weighted by Crippen LogP contribution is 2.33. The Balaban J connectivity index is 1.75. The molecule has 0 aromatic heterocycles. The summed E-state index contributed by atoms with van der Waals surface area (Å²) in [5.74, 6) is 0. The van der Waals surface area contributed by atoms with E-state index in [-0.39, 0.29) is 6.04 Å². The molecule has 20 heavy (non-hydrogen) atoms. The minimum Gasteiger partial charge on any atom is -0.368 e. The van der Waals surface area contributed by atoms with E-state index in [2.05, 4.69) is 22.8 Å². The van der Waals surface area contributed by atoms with Crippen molar-refractivity contribution >= 4 is 17.3 Å². The molecule has 0 amide bonds. The summed E-state index contributed by atoms with van der Waals surface area (Å²) in [5.41, 5.74) is 8.47. The Morgan fingerprint density at radius 2 is 1.95 bits per heavy atom. The first-order valence-corrected chi connectivity index (χ1v) is 8.05. The summed E-state index contributed by atoms with van der Waals surface area (Å²) in [6.45, 7) is 6.52. The second kappa shape index (κ2) is 5.92. The highest BCUT2D eigenvalue weighted by molar-refractivity contribution is 6.33. The van der Waals surface area contributed by atoms with Gasteiger partial charge in [-0.15, -0.1) is 0 Å². The van der Waals surface area contributed by atoms with Crippen LogP contribution in [0.15, 0.2) is 18.2 Å². The van der Waals surface area contributed by atoms with Crippen LogP contribution in [0, 0.1) is 0 Å². The SMILES string of the molecule is CC(N)Cc1cccc(Cl)c1N1CCN(C2CC2)CC1. The van der Waals surface area contributed by atoms with Crippen molar-refractivity contribution in [1.82, 2.24) is 4.90 Å². The van der Waals surface area contributed by atoms with Crippen molar-refractivity contribution in [3.8, 4) is 0 Å². The number of nitrogens with zero attached hydrogens (tertiary/aromatic N) is 2. The molecule has 110 valence electrons. The smallest absolute Gasteiger partial charge is 0.0642 e. The van der Waals surface area contributed by atoms with Crippen LogP contribution in [0.3, 0.4) is 0 Å². The number of benzene rings is 1. The van der Waals surface area contributed by atoms with Crippen molar-refractivity contribution in [3.05, 3.63) is 28.8 Å². The zero-order valence-corrected chi connectivity index (χ0v) is 12.9. The number of hydrogen-bond donors (Lipinski definition) is 1. The van der Waals surface area contributed by atoms with Crippen LogP contribution in [-0.4, -0.2) is 43.2 Å². The van der Waals surface area contributed by atoms with E-state index >= 15 is 0 Å². The number of rotatable bonds is 4. The van der Waals surface area contributed by atoms with E-state index in [1.54, 1.807) is 0 Å². The van der Waals surface area contributed by atoms with Gasteiger partial charge in [-0.2, -0.15) is 0 Å². The summed E-state index contributed by atoms with van der Waals surface area (Å²) in [7, 11) is 0. The summed E-state index contributed by atoms with van der Waals surface area (Å²) < 4.78 is 0. The molecule has 2 aliphatic rings. The summed E-state index contributed by atoms with van der Waals surface area (Å²) in [6, 6.07) is 7.23. The van der Waals surface area contributed by atoms with Gasteiger partial charge < -0.3 is 10.6 Å². The van der Waals surface area contributed by atoms with Crippen molar-refractivity contribution in [3.63, 3.8) is 0 Å². The van der Waals surface area contributed by atoms with Gasteiger partial charge in [-0.05, 0) is 37.8 Å². The molecule has 3 nitrogen and oxygen atoms in total. The van der Waals surface area contributed by atoms with Crippen LogP contribution >= 0.6 is 11.6 Å². The molecule has 1 unspecified atom stereocenters. The van der Waals surface area contributed by atoms with Crippen molar-refractivity contribution in [1.29, 1.82) is 0 Å². The predicted octanol–water partition coefficient (Wildman–Crippen LogP) is 2.51. The van der Waals surface area contributed by atoms with Gasteiger partial charge in [-0.1, -0.05) is 23.7 Å². The number of nitrogens with two attached hydrogens (primary N) is 1.